The van der Waals surface area contributed by atoms with Gasteiger partial charge in [-0.15, -0.1) is 0 Å². The smallest absolute Gasteiger partial charge is 0.188 e. The van der Waals surface area contributed by atoms with Crippen LogP contribution < -0.4 is 11.1 Å². The maximum Gasteiger partial charge on any atom is 0.188 e. The van der Waals surface area contributed by atoms with Crippen molar-refractivity contribution < 1.29 is 0 Å². The van der Waals surface area contributed by atoms with Crippen molar-refractivity contribution in [3.8, 4) is 0 Å². The van der Waals surface area contributed by atoms with Crippen LogP contribution in [0.3, 0.4) is 0 Å². The monoisotopic (exact) mass is 239 g/mol. The summed E-state index contributed by atoms with van der Waals surface area (Å²) in [6.45, 7) is 6.39. The first-order valence-corrected chi connectivity index (χ1v) is 7.30. The molecule has 0 amide bonds. The average Bonchev–Trinajstić information content (AvgIpc) is 2.27. The summed E-state index contributed by atoms with van der Waals surface area (Å²) < 4.78 is 0. The number of nitrogens with one attached hydrogen (secondary N) is 1. The number of unbranched alkanes of at least 4 members (excludes halogenated alkanes) is 1. The van der Waals surface area contributed by atoms with Gasteiger partial charge in [-0.3, -0.25) is 4.99 Å². The van der Waals surface area contributed by atoms with E-state index in [2.05, 4.69) is 24.2 Å². The van der Waals surface area contributed by atoms with E-state index >= 15 is 0 Å². The number of nitrogens with two attached hydrogens (primary N) is 1. The van der Waals surface area contributed by atoms with Gasteiger partial charge in [0.15, 0.2) is 5.96 Å². The summed E-state index contributed by atoms with van der Waals surface area (Å²) in [5.41, 5.74) is 5.87. The normalized spacial score (nSPS) is 18.8. The topological polar surface area (TPSA) is 50.4 Å². The second kappa shape index (κ2) is 8.37. The fraction of sp³-hybridized carbons (Fsp3) is 0.929. The first-order chi connectivity index (χ1) is 8.26. The summed E-state index contributed by atoms with van der Waals surface area (Å²) in [7, 11) is 0. The number of hydrogen-bond acceptors (Lipinski definition) is 1. The van der Waals surface area contributed by atoms with Crippen LogP contribution in [0.1, 0.15) is 58.8 Å². The van der Waals surface area contributed by atoms with E-state index in [0.29, 0.717) is 11.9 Å². The number of guanidine groups is 1. The molecule has 0 aromatic carbocycles. The van der Waals surface area contributed by atoms with Crippen LogP contribution in [0.2, 0.25) is 0 Å². The van der Waals surface area contributed by atoms with Crippen molar-refractivity contribution in [3.05, 3.63) is 0 Å². The summed E-state index contributed by atoms with van der Waals surface area (Å²) in [5, 5.41) is 3.25. The third kappa shape index (κ3) is 5.94. The molecule has 17 heavy (non-hydrogen) atoms. The molecule has 0 heterocycles. The first-order valence-electron chi connectivity index (χ1n) is 7.30. The van der Waals surface area contributed by atoms with E-state index in [-0.39, 0.29) is 0 Å². The molecule has 0 radical (unpaired) electrons. The molecule has 0 aromatic rings. The zero-order chi connectivity index (χ0) is 12.5. The molecular formula is C14H29N3. The Morgan fingerprint density at radius 2 is 2.18 bits per heavy atom. The van der Waals surface area contributed by atoms with Crippen molar-refractivity contribution in [2.75, 3.05) is 13.1 Å². The fourth-order valence-electron chi connectivity index (χ4n) is 2.15. The SMILES string of the molecule is CCCCC(CC)CN=C(N)NCC1CCC1. The van der Waals surface area contributed by atoms with E-state index in [1.807, 2.05) is 0 Å². The molecule has 1 rings (SSSR count). The van der Waals surface area contributed by atoms with Crippen LogP contribution in [-0.2, 0) is 0 Å². The minimum atomic E-state index is 0.645. The zero-order valence-corrected chi connectivity index (χ0v) is 11.5. The second-order valence-electron chi connectivity index (χ2n) is 5.32. The minimum Gasteiger partial charge on any atom is -0.370 e. The lowest BCUT2D eigenvalue weighted by molar-refractivity contribution is 0.315. The Bertz CT molecular complexity index is 222. The number of nitrogens with zero attached hydrogens (tertiary/aromatic N) is 1. The van der Waals surface area contributed by atoms with Crippen molar-refractivity contribution in [2.24, 2.45) is 22.6 Å². The highest BCUT2D eigenvalue weighted by molar-refractivity contribution is 5.77. The Hall–Kier alpha value is -0.730. The predicted octanol–water partition coefficient (Wildman–Crippen LogP) is 2.91. The van der Waals surface area contributed by atoms with Gasteiger partial charge in [-0.1, -0.05) is 39.5 Å². The molecule has 0 aromatic heterocycles. The molecule has 100 valence electrons. The fourth-order valence-corrected chi connectivity index (χ4v) is 2.15. The summed E-state index contributed by atoms with van der Waals surface area (Å²) in [6.07, 6.45) is 9.17. The van der Waals surface area contributed by atoms with E-state index in [9.17, 15) is 0 Å². The van der Waals surface area contributed by atoms with E-state index in [0.717, 1.165) is 19.0 Å². The molecular weight excluding hydrogens is 210 g/mol. The lowest BCUT2D eigenvalue weighted by Crippen LogP contribution is -2.37. The van der Waals surface area contributed by atoms with Crippen LogP contribution >= 0.6 is 0 Å². The van der Waals surface area contributed by atoms with Gasteiger partial charge < -0.3 is 11.1 Å². The van der Waals surface area contributed by atoms with Gasteiger partial charge in [0.05, 0.1) is 0 Å². The second-order valence-corrected chi connectivity index (χ2v) is 5.32. The van der Waals surface area contributed by atoms with Gasteiger partial charge in [0.2, 0.25) is 0 Å². The molecule has 0 saturated heterocycles. The van der Waals surface area contributed by atoms with E-state index in [4.69, 9.17) is 5.73 Å². The molecule has 1 aliphatic carbocycles. The Balaban J connectivity index is 2.14. The van der Waals surface area contributed by atoms with E-state index < -0.39 is 0 Å². The van der Waals surface area contributed by atoms with Crippen LogP contribution in [0.5, 0.6) is 0 Å². The Morgan fingerprint density at radius 1 is 1.41 bits per heavy atom. The van der Waals surface area contributed by atoms with Gasteiger partial charge in [-0.25, -0.2) is 0 Å². The molecule has 0 spiro atoms. The molecule has 1 aliphatic rings. The van der Waals surface area contributed by atoms with Gasteiger partial charge in [0.1, 0.15) is 0 Å². The Labute approximate surface area is 106 Å². The molecule has 1 atom stereocenters. The van der Waals surface area contributed by atoms with Crippen molar-refractivity contribution in [2.45, 2.75) is 58.8 Å². The largest absolute Gasteiger partial charge is 0.370 e. The van der Waals surface area contributed by atoms with Gasteiger partial charge in [0, 0.05) is 13.1 Å². The molecule has 3 N–H and O–H groups in total. The molecule has 0 aliphatic heterocycles. The Kier molecular flexibility index (Phi) is 7.06. The first kappa shape index (κ1) is 14.3. The van der Waals surface area contributed by atoms with Crippen LogP contribution in [-0.4, -0.2) is 19.0 Å². The van der Waals surface area contributed by atoms with Crippen LogP contribution in [0.15, 0.2) is 4.99 Å². The quantitative estimate of drug-likeness (QED) is 0.505. The molecule has 1 unspecified atom stereocenters. The highest BCUT2D eigenvalue weighted by Crippen LogP contribution is 2.24. The van der Waals surface area contributed by atoms with E-state index in [1.54, 1.807) is 0 Å². The molecule has 1 fully saturated rings. The van der Waals surface area contributed by atoms with Crippen LogP contribution in [0, 0.1) is 11.8 Å². The van der Waals surface area contributed by atoms with Gasteiger partial charge >= 0.3 is 0 Å². The van der Waals surface area contributed by atoms with Crippen LogP contribution in [0.25, 0.3) is 0 Å². The third-order valence-corrected chi connectivity index (χ3v) is 3.86. The molecule has 3 nitrogen and oxygen atoms in total. The zero-order valence-electron chi connectivity index (χ0n) is 11.5. The highest BCUT2D eigenvalue weighted by atomic mass is 15.1. The van der Waals surface area contributed by atoms with Gasteiger partial charge in [-0.05, 0) is 31.1 Å². The summed E-state index contributed by atoms with van der Waals surface area (Å²) in [6, 6.07) is 0. The number of rotatable bonds is 8. The van der Waals surface area contributed by atoms with Gasteiger partial charge in [-0.2, -0.15) is 0 Å². The average molecular weight is 239 g/mol. The summed E-state index contributed by atoms with van der Waals surface area (Å²) >= 11 is 0. The molecule has 0 bridgehead atoms. The van der Waals surface area contributed by atoms with Crippen molar-refractivity contribution in [1.82, 2.24) is 5.32 Å². The number of hydrogen-bond donors (Lipinski definition) is 2. The predicted molar refractivity (Wildman–Crippen MR) is 75.1 cm³/mol. The maximum atomic E-state index is 5.87. The molecule has 3 heteroatoms. The van der Waals surface area contributed by atoms with Crippen molar-refractivity contribution in [1.29, 1.82) is 0 Å². The minimum absolute atomic E-state index is 0.645. The van der Waals surface area contributed by atoms with Crippen molar-refractivity contribution >= 4 is 5.96 Å². The van der Waals surface area contributed by atoms with Gasteiger partial charge in [0.25, 0.3) is 0 Å². The number of aliphatic imine (C=N–C) groups is 1. The Morgan fingerprint density at radius 3 is 2.71 bits per heavy atom. The van der Waals surface area contributed by atoms with Crippen molar-refractivity contribution in [3.63, 3.8) is 0 Å². The van der Waals surface area contributed by atoms with Crippen LogP contribution in [0.4, 0.5) is 0 Å². The third-order valence-electron chi connectivity index (χ3n) is 3.86. The maximum absolute atomic E-state index is 5.87. The lowest BCUT2D eigenvalue weighted by atomic mass is 9.85. The highest BCUT2D eigenvalue weighted by Gasteiger charge is 2.16. The summed E-state index contributed by atoms with van der Waals surface area (Å²) in [5.74, 6) is 2.19. The molecule has 1 saturated carbocycles. The summed E-state index contributed by atoms with van der Waals surface area (Å²) in [4.78, 5) is 4.46. The van der Waals surface area contributed by atoms with E-state index in [1.165, 1.54) is 44.9 Å². The standard InChI is InChI=1S/C14H29N3/c1-3-5-7-12(4-2)10-16-14(15)17-11-13-8-6-9-13/h12-13H,3-11H2,1-2H3,(H3,15,16,17). The lowest BCUT2D eigenvalue weighted by Gasteiger charge is -2.25.